The van der Waals surface area contributed by atoms with E-state index in [2.05, 4.69) is 12.2 Å². The topological polar surface area (TPSA) is 84.9 Å². The first-order chi connectivity index (χ1) is 9.49. The molecule has 1 atom stereocenters. The maximum Gasteiger partial charge on any atom is 0.305 e. The van der Waals surface area contributed by atoms with Gasteiger partial charge in [0.15, 0.2) is 0 Å². The molecule has 0 aromatic carbocycles. The molecule has 0 radical (unpaired) electrons. The summed E-state index contributed by atoms with van der Waals surface area (Å²) >= 11 is 0. The van der Waals surface area contributed by atoms with Crippen molar-refractivity contribution in [1.29, 1.82) is 0 Å². The molecular weight excluding hydrogens is 262 g/mol. The second-order valence-electron chi connectivity index (χ2n) is 5.32. The molecule has 0 spiro atoms. The number of rotatable bonds is 8. The highest BCUT2D eigenvalue weighted by molar-refractivity contribution is 5.82. The van der Waals surface area contributed by atoms with Crippen LogP contribution in [0.2, 0.25) is 0 Å². The average molecular weight is 287 g/mol. The van der Waals surface area contributed by atoms with Crippen LogP contribution in [-0.2, 0) is 19.1 Å². The van der Waals surface area contributed by atoms with E-state index in [0.717, 1.165) is 12.8 Å². The first-order valence-corrected chi connectivity index (χ1v) is 7.22. The molecule has 1 rings (SSSR count). The van der Waals surface area contributed by atoms with E-state index in [1.807, 2.05) is 0 Å². The molecule has 0 aromatic rings. The fourth-order valence-electron chi connectivity index (χ4n) is 2.24. The number of hydrogen-bond donors (Lipinski definition) is 2. The Kier molecular flexibility index (Phi) is 6.95. The van der Waals surface area contributed by atoms with Gasteiger partial charge in [-0.05, 0) is 26.2 Å². The van der Waals surface area contributed by atoms with Gasteiger partial charge in [-0.2, -0.15) is 0 Å². The normalized spacial score (nSPS) is 19.3. The Bertz CT molecular complexity index is 326. The van der Waals surface area contributed by atoms with Crippen molar-refractivity contribution in [2.45, 2.75) is 57.6 Å². The first kappa shape index (κ1) is 16.9. The van der Waals surface area contributed by atoms with Crippen molar-refractivity contribution in [3.8, 4) is 0 Å². The van der Waals surface area contributed by atoms with E-state index < -0.39 is 17.6 Å². The van der Waals surface area contributed by atoms with Gasteiger partial charge in [0.2, 0.25) is 5.91 Å². The Balaban J connectivity index is 2.55. The number of carbonyl (C=O) groups is 2. The predicted octanol–water partition coefficient (Wildman–Crippen LogP) is 1.33. The summed E-state index contributed by atoms with van der Waals surface area (Å²) in [4.78, 5) is 23.1. The van der Waals surface area contributed by atoms with Crippen LogP contribution in [0.4, 0.5) is 0 Å². The molecule has 2 N–H and O–H groups in total. The van der Waals surface area contributed by atoms with E-state index in [1.54, 1.807) is 6.92 Å². The van der Waals surface area contributed by atoms with E-state index in [1.165, 1.54) is 0 Å². The number of carboxylic acid groups (broad SMARTS) is 1. The van der Waals surface area contributed by atoms with Crippen LogP contribution < -0.4 is 5.32 Å². The maximum atomic E-state index is 12.1. The molecule has 1 unspecified atom stereocenters. The molecule has 0 aliphatic carbocycles. The summed E-state index contributed by atoms with van der Waals surface area (Å²) in [5.74, 6) is -1.16. The minimum atomic E-state index is -0.910. The summed E-state index contributed by atoms with van der Waals surface area (Å²) in [5, 5.41) is 11.9. The molecule has 6 heteroatoms. The highest BCUT2D eigenvalue weighted by Gasteiger charge is 2.37. The highest BCUT2D eigenvalue weighted by Crippen LogP contribution is 2.25. The molecule has 1 fully saturated rings. The standard InChI is InChI=1S/C14H25NO5/c1-3-4-7-20-11(2)13(18)15-14(10-12(16)17)5-8-19-9-6-14/h11H,3-10H2,1-2H3,(H,15,18)(H,16,17). The van der Waals surface area contributed by atoms with Crippen LogP contribution in [0.1, 0.15) is 46.0 Å². The molecule has 1 aliphatic heterocycles. The summed E-state index contributed by atoms with van der Waals surface area (Å²) in [6.45, 7) is 5.23. The predicted molar refractivity (Wildman–Crippen MR) is 73.5 cm³/mol. The van der Waals surface area contributed by atoms with Crippen LogP contribution in [0.25, 0.3) is 0 Å². The molecule has 0 bridgehead atoms. The van der Waals surface area contributed by atoms with Gasteiger partial charge in [-0.15, -0.1) is 0 Å². The van der Waals surface area contributed by atoms with Crippen LogP contribution in [0.3, 0.4) is 0 Å². The quantitative estimate of drug-likeness (QED) is 0.658. The van der Waals surface area contributed by atoms with Crippen molar-refractivity contribution in [2.24, 2.45) is 0 Å². The number of unbranched alkanes of at least 4 members (excludes halogenated alkanes) is 1. The number of aliphatic carboxylic acids is 1. The number of nitrogens with one attached hydrogen (secondary N) is 1. The Hall–Kier alpha value is -1.14. The number of hydrogen-bond acceptors (Lipinski definition) is 4. The Morgan fingerprint density at radius 3 is 2.60 bits per heavy atom. The Labute approximate surface area is 119 Å². The van der Waals surface area contributed by atoms with Crippen molar-refractivity contribution in [3.05, 3.63) is 0 Å². The number of ether oxygens (including phenoxy) is 2. The summed E-state index contributed by atoms with van der Waals surface area (Å²) < 4.78 is 10.7. The summed E-state index contributed by atoms with van der Waals surface area (Å²) in [6, 6.07) is 0. The Morgan fingerprint density at radius 1 is 1.40 bits per heavy atom. The number of carbonyl (C=O) groups excluding carboxylic acids is 1. The van der Waals surface area contributed by atoms with Crippen molar-refractivity contribution < 1.29 is 24.2 Å². The zero-order valence-corrected chi connectivity index (χ0v) is 12.3. The molecule has 1 heterocycles. The van der Waals surface area contributed by atoms with Gasteiger partial charge in [-0.1, -0.05) is 13.3 Å². The van der Waals surface area contributed by atoms with Gasteiger partial charge in [0.1, 0.15) is 6.10 Å². The van der Waals surface area contributed by atoms with Crippen LogP contribution in [0.5, 0.6) is 0 Å². The fraction of sp³-hybridized carbons (Fsp3) is 0.857. The van der Waals surface area contributed by atoms with Gasteiger partial charge in [-0.3, -0.25) is 9.59 Å². The Morgan fingerprint density at radius 2 is 2.05 bits per heavy atom. The minimum Gasteiger partial charge on any atom is -0.481 e. The maximum absolute atomic E-state index is 12.1. The lowest BCUT2D eigenvalue weighted by Crippen LogP contribution is -2.55. The smallest absolute Gasteiger partial charge is 0.305 e. The van der Waals surface area contributed by atoms with Gasteiger partial charge in [0.05, 0.1) is 12.0 Å². The van der Waals surface area contributed by atoms with Crippen LogP contribution in [0.15, 0.2) is 0 Å². The van der Waals surface area contributed by atoms with Gasteiger partial charge in [0, 0.05) is 19.8 Å². The van der Waals surface area contributed by atoms with Gasteiger partial charge >= 0.3 is 5.97 Å². The van der Waals surface area contributed by atoms with Crippen molar-refractivity contribution in [1.82, 2.24) is 5.32 Å². The van der Waals surface area contributed by atoms with Crippen molar-refractivity contribution in [2.75, 3.05) is 19.8 Å². The molecule has 6 nitrogen and oxygen atoms in total. The van der Waals surface area contributed by atoms with Gasteiger partial charge in [0.25, 0.3) is 0 Å². The second kappa shape index (κ2) is 8.21. The van der Waals surface area contributed by atoms with E-state index >= 15 is 0 Å². The lowest BCUT2D eigenvalue weighted by molar-refractivity contribution is -0.142. The summed E-state index contributed by atoms with van der Waals surface area (Å²) in [5.41, 5.74) is -0.705. The van der Waals surface area contributed by atoms with Gasteiger partial charge in [-0.25, -0.2) is 0 Å². The zero-order valence-electron chi connectivity index (χ0n) is 12.3. The minimum absolute atomic E-state index is 0.0796. The molecule has 116 valence electrons. The second-order valence-corrected chi connectivity index (χ2v) is 5.32. The molecule has 0 saturated carbocycles. The number of amides is 1. The van der Waals surface area contributed by atoms with Crippen LogP contribution in [0, 0.1) is 0 Å². The third kappa shape index (κ3) is 5.46. The fourth-order valence-corrected chi connectivity index (χ4v) is 2.24. The lowest BCUT2D eigenvalue weighted by Gasteiger charge is -2.37. The SMILES string of the molecule is CCCCOC(C)C(=O)NC1(CC(=O)O)CCOCC1. The number of carboxylic acids is 1. The third-order valence-corrected chi connectivity index (χ3v) is 3.56. The highest BCUT2D eigenvalue weighted by atomic mass is 16.5. The molecule has 20 heavy (non-hydrogen) atoms. The largest absolute Gasteiger partial charge is 0.481 e. The lowest BCUT2D eigenvalue weighted by atomic mass is 9.86. The van der Waals surface area contributed by atoms with Crippen LogP contribution in [-0.4, -0.2) is 48.4 Å². The summed E-state index contributed by atoms with van der Waals surface area (Å²) in [6.07, 6.45) is 2.32. The molecular formula is C14H25NO5. The first-order valence-electron chi connectivity index (χ1n) is 7.22. The zero-order chi connectivity index (χ0) is 15.0. The average Bonchev–Trinajstić information content (AvgIpc) is 2.38. The van der Waals surface area contributed by atoms with Gasteiger partial charge < -0.3 is 19.9 Å². The molecule has 0 aromatic heterocycles. The monoisotopic (exact) mass is 287 g/mol. The molecule has 1 saturated heterocycles. The van der Waals surface area contributed by atoms with E-state index in [-0.39, 0.29) is 12.3 Å². The van der Waals surface area contributed by atoms with Crippen molar-refractivity contribution in [3.63, 3.8) is 0 Å². The van der Waals surface area contributed by atoms with E-state index in [4.69, 9.17) is 14.6 Å². The van der Waals surface area contributed by atoms with E-state index in [9.17, 15) is 9.59 Å². The summed E-state index contributed by atoms with van der Waals surface area (Å²) in [7, 11) is 0. The molecule has 1 aliphatic rings. The van der Waals surface area contributed by atoms with E-state index in [0.29, 0.717) is 32.7 Å². The molecule has 1 amide bonds. The van der Waals surface area contributed by atoms with Crippen LogP contribution >= 0.6 is 0 Å². The van der Waals surface area contributed by atoms with Crippen molar-refractivity contribution >= 4 is 11.9 Å². The third-order valence-electron chi connectivity index (χ3n) is 3.56.